The normalized spacial score (nSPS) is 10.2. The minimum absolute atomic E-state index is 0.0175. The summed E-state index contributed by atoms with van der Waals surface area (Å²) >= 11 is 7.27. The molecule has 7 heteroatoms. The summed E-state index contributed by atoms with van der Waals surface area (Å²) in [5, 5.41) is 19.2. The van der Waals surface area contributed by atoms with Gasteiger partial charge in [0.2, 0.25) is 0 Å². The van der Waals surface area contributed by atoms with Crippen LogP contribution < -0.4 is 5.56 Å². The Morgan fingerprint density at radius 1 is 1.53 bits per heavy atom. The number of hydrogen-bond donors (Lipinski definition) is 2. The fourth-order valence-corrected chi connectivity index (χ4v) is 2.13. The molecule has 0 unspecified atom stereocenters. The summed E-state index contributed by atoms with van der Waals surface area (Å²) in [7, 11) is 0. The summed E-state index contributed by atoms with van der Waals surface area (Å²) in [4.78, 5) is 18.5. The Morgan fingerprint density at radius 3 is 2.89 bits per heavy atom. The van der Waals surface area contributed by atoms with E-state index in [-0.39, 0.29) is 17.0 Å². The molecule has 2 aromatic rings. The standard InChI is InChI=1S/C12H8ClN3O2S/c1-19-12-15-10(8(5-14)11(18)16-12)7-4-6(17)2-3-9(7)13/h2-4,17H,1H3,(H,15,16,18). The number of H-pyrrole nitrogens is 1. The van der Waals surface area contributed by atoms with E-state index in [0.29, 0.717) is 15.7 Å². The summed E-state index contributed by atoms with van der Waals surface area (Å²) in [6.07, 6.45) is 1.75. The van der Waals surface area contributed by atoms with Gasteiger partial charge in [0.1, 0.15) is 17.4 Å². The molecule has 1 aromatic carbocycles. The molecule has 0 fully saturated rings. The van der Waals surface area contributed by atoms with Crippen LogP contribution in [0.15, 0.2) is 28.2 Å². The lowest BCUT2D eigenvalue weighted by Crippen LogP contribution is -2.14. The van der Waals surface area contributed by atoms with Crippen molar-refractivity contribution >= 4 is 23.4 Å². The van der Waals surface area contributed by atoms with Gasteiger partial charge in [0.05, 0.1) is 10.7 Å². The highest BCUT2D eigenvalue weighted by Gasteiger charge is 2.16. The lowest BCUT2D eigenvalue weighted by molar-refractivity contribution is 0.475. The number of rotatable bonds is 2. The second kappa shape index (κ2) is 5.34. The number of aromatic hydroxyl groups is 1. The van der Waals surface area contributed by atoms with Crippen LogP contribution in [0.2, 0.25) is 5.02 Å². The van der Waals surface area contributed by atoms with E-state index in [1.807, 2.05) is 0 Å². The van der Waals surface area contributed by atoms with Crippen LogP contribution in [0.1, 0.15) is 5.56 Å². The summed E-state index contributed by atoms with van der Waals surface area (Å²) in [5.41, 5.74) is -0.155. The van der Waals surface area contributed by atoms with Gasteiger partial charge in [0.15, 0.2) is 5.16 Å². The number of aromatic nitrogens is 2. The van der Waals surface area contributed by atoms with Gasteiger partial charge in [-0.15, -0.1) is 0 Å². The van der Waals surface area contributed by atoms with Gasteiger partial charge in [-0.1, -0.05) is 23.4 Å². The summed E-state index contributed by atoms with van der Waals surface area (Å²) < 4.78 is 0. The molecule has 19 heavy (non-hydrogen) atoms. The van der Waals surface area contributed by atoms with Gasteiger partial charge >= 0.3 is 0 Å². The number of hydrogen-bond acceptors (Lipinski definition) is 5. The van der Waals surface area contributed by atoms with Gasteiger partial charge in [-0.05, 0) is 24.5 Å². The Labute approximate surface area is 117 Å². The van der Waals surface area contributed by atoms with Crippen molar-refractivity contribution in [2.24, 2.45) is 0 Å². The van der Waals surface area contributed by atoms with Crippen molar-refractivity contribution in [2.75, 3.05) is 6.26 Å². The third-order valence-corrected chi connectivity index (χ3v) is 3.32. The van der Waals surface area contributed by atoms with Crippen molar-refractivity contribution in [1.82, 2.24) is 9.97 Å². The third kappa shape index (κ3) is 2.57. The number of nitriles is 1. The van der Waals surface area contributed by atoms with Crippen LogP contribution in [0.5, 0.6) is 5.75 Å². The molecule has 0 radical (unpaired) electrons. The molecule has 0 atom stereocenters. The van der Waals surface area contributed by atoms with E-state index in [4.69, 9.17) is 16.9 Å². The molecule has 0 saturated carbocycles. The Bertz CT molecular complexity index is 737. The number of nitrogens with zero attached hydrogens (tertiary/aromatic N) is 2. The number of benzene rings is 1. The van der Waals surface area contributed by atoms with Crippen LogP contribution in [0, 0.1) is 11.3 Å². The van der Waals surface area contributed by atoms with Crippen LogP contribution in [-0.4, -0.2) is 21.3 Å². The second-order valence-electron chi connectivity index (χ2n) is 3.57. The first-order valence-electron chi connectivity index (χ1n) is 5.14. The fourth-order valence-electron chi connectivity index (χ4n) is 1.54. The average Bonchev–Trinajstić information content (AvgIpc) is 2.40. The number of phenols is 1. The molecule has 2 N–H and O–H groups in total. The molecule has 2 rings (SSSR count). The molecule has 96 valence electrons. The SMILES string of the molecule is CSc1nc(-c2cc(O)ccc2Cl)c(C#N)c(=O)[nH]1. The van der Waals surface area contributed by atoms with Crippen molar-refractivity contribution in [1.29, 1.82) is 5.26 Å². The minimum Gasteiger partial charge on any atom is -0.508 e. The van der Waals surface area contributed by atoms with E-state index in [0.717, 1.165) is 0 Å². The number of thioether (sulfide) groups is 1. The predicted octanol–water partition coefficient (Wildman–Crippen LogP) is 2.39. The molecule has 0 amide bonds. The fraction of sp³-hybridized carbons (Fsp3) is 0.0833. The largest absolute Gasteiger partial charge is 0.508 e. The lowest BCUT2D eigenvalue weighted by Gasteiger charge is -2.07. The first-order chi connectivity index (χ1) is 9.06. The average molecular weight is 294 g/mol. The van der Waals surface area contributed by atoms with Crippen LogP contribution in [-0.2, 0) is 0 Å². The summed E-state index contributed by atoms with van der Waals surface area (Å²) in [6, 6.07) is 6.07. The van der Waals surface area contributed by atoms with Crippen molar-refractivity contribution in [3.8, 4) is 23.1 Å². The highest BCUT2D eigenvalue weighted by molar-refractivity contribution is 7.98. The van der Waals surface area contributed by atoms with Gasteiger partial charge in [-0.3, -0.25) is 4.79 Å². The third-order valence-electron chi connectivity index (χ3n) is 2.41. The quantitative estimate of drug-likeness (QED) is 0.655. The molecule has 0 bridgehead atoms. The molecule has 1 aromatic heterocycles. The predicted molar refractivity (Wildman–Crippen MR) is 73.5 cm³/mol. The molecule has 0 aliphatic carbocycles. The van der Waals surface area contributed by atoms with Crippen molar-refractivity contribution in [2.45, 2.75) is 5.16 Å². The van der Waals surface area contributed by atoms with E-state index in [1.165, 1.54) is 30.0 Å². The van der Waals surface area contributed by atoms with Gasteiger partial charge < -0.3 is 10.1 Å². The Kier molecular flexibility index (Phi) is 3.79. The first kappa shape index (κ1) is 13.5. The number of nitrogens with one attached hydrogen (secondary N) is 1. The zero-order valence-electron chi connectivity index (χ0n) is 9.77. The van der Waals surface area contributed by atoms with Crippen LogP contribution in [0.25, 0.3) is 11.3 Å². The van der Waals surface area contributed by atoms with E-state index in [2.05, 4.69) is 9.97 Å². The topological polar surface area (TPSA) is 89.8 Å². The minimum atomic E-state index is -0.531. The summed E-state index contributed by atoms with van der Waals surface area (Å²) in [5.74, 6) is -0.0175. The van der Waals surface area contributed by atoms with E-state index in [1.54, 1.807) is 12.3 Å². The number of aromatic amines is 1. The van der Waals surface area contributed by atoms with E-state index < -0.39 is 5.56 Å². The molecule has 1 heterocycles. The molecule has 0 saturated heterocycles. The number of halogens is 1. The highest BCUT2D eigenvalue weighted by atomic mass is 35.5. The van der Waals surface area contributed by atoms with Gasteiger partial charge in [0.25, 0.3) is 5.56 Å². The smallest absolute Gasteiger partial charge is 0.270 e. The Morgan fingerprint density at radius 2 is 2.26 bits per heavy atom. The van der Waals surface area contributed by atoms with Gasteiger partial charge in [-0.25, -0.2) is 4.98 Å². The second-order valence-corrected chi connectivity index (χ2v) is 4.78. The van der Waals surface area contributed by atoms with E-state index >= 15 is 0 Å². The van der Waals surface area contributed by atoms with Crippen molar-refractivity contribution in [3.63, 3.8) is 0 Å². The molecule has 5 nitrogen and oxygen atoms in total. The monoisotopic (exact) mass is 293 g/mol. The maximum Gasteiger partial charge on any atom is 0.270 e. The first-order valence-corrected chi connectivity index (χ1v) is 6.74. The van der Waals surface area contributed by atoms with Crippen LogP contribution in [0.3, 0.4) is 0 Å². The van der Waals surface area contributed by atoms with E-state index in [9.17, 15) is 9.90 Å². The van der Waals surface area contributed by atoms with Crippen molar-refractivity contribution < 1.29 is 5.11 Å². The Balaban J connectivity index is 2.81. The maximum absolute atomic E-state index is 11.8. The zero-order chi connectivity index (χ0) is 14.0. The number of phenolic OH excluding ortho intramolecular Hbond substituents is 1. The zero-order valence-corrected chi connectivity index (χ0v) is 11.3. The van der Waals surface area contributed by atoms with Gasteiger partial charge in [-0.2, -0.15) is 5.26 Å². The maximum atomic E-state index is 11.8. The molecular formula is C12H8ClN3O2S. The van der Waals surface area contributed by atoms with Gasteiger partial charge in [0, 0.05) is 5.56 Å². The molecule has 0 spiro atoms. The van der Waals surface area contributed by atoms with Crippen molar-refractivity contribution in [3.05, 3.63) is 39.1 Å². The lowest BCUT2D eigenvalue weighted by atomic mass is 10.1. The summed E-state index contributed by atoms with van der Waals surface area (Å²) in [6.45, 7) is 0. The van der Waals surface area contributed by atoms with Crippen LogP contribution >= 0.6 is 23.4 Å². The molecular weight excluding hydrogens is 286 g/mol. The molecule has 0 aliphatic heterocycles. The van der Waals surface area contributed by atoms with Crippen LogP contribution in [0.4, 0.5) is 0 Å². The highest BCUT2D eigenvalue weighted by Crippen LogP contribution is 2.31. The Hall–Kier alpha value is -1.97. The molecule has 0 aliphatic rings.